The molecule has 5 heteroatoms. The Kier molecular flexibility index (Phi) is 3.17. The van der Waals surface area contributed by atoms with E-state index in [0.717, 1.165) is 15.2 Å². The van der Waals surface area contributed by atoms with Gasteiger partial charge in [-0.15, -0.1) is 11.3 Å². The van der Waals surface area contributed by atoms with Gasteiger partial charge in [0.15, 0.2) is 6.10 Å². The van der Waals surface area contributed by atoms with E-state index in [0.29, 0.717) is 6.42 Å². The summed E-state index contributed by atoms with van der Waals surface area (Å²) in [6.45, 7) is 0. The van der Waals surface area contributed by atoms with Gasteiger partial charge in [-0.3, -0.25) is 0 Å². The number of benzene rings is 1. The lowest BCUT2D eigenvalue weighted by Crippen LogP contribution is -2.24. The van der Waals surface area contributed by atoms with E-state index in [4.69, 9.17) is 9.84 Å². The Morgan fingerprint density at radius 3 is 2.94 bits per heavy atom. The molecule has 0 aliphatic carbocycles. The van der Waals surface area contributed by atoms with Gasteiger partial charge < -0.3 is 9.84 Å². The van der Waals surface area contributed by atoms with Crippen molar-refractivity contribution in [3.05, 3.63) is 29.3 Å². The summed E-state index contributed by atoms with van der Waals surface area (Å²) in [4.78, 5) is 15.2. The van der Waals surface area contributed by atoms with Crippen LogP contribution < -0.4 is 0 Å². The molecule has 0 saturated heterocycles. The minimum Gasteiger partial charge on any atom is -0.479 e. The molecule has 0 spiro atoms. The van der Waals surface area contributed by atoms with E-state index in [1.807, 2.05) is 24.3 Å². The van der Waals surface area contributed by atoms with Crippen LogP contribution in [0.3, 0.4) is 0 Å². The Morgan fingerprint density at radius 2 is 2.31 bits per heavy atom. The third kappa shape index (κ3) is 2.20. The molecule has 1 aromatic heterocycles. The Morgan fingerprint density at radius 1 is 1.56 bits per heavy atom. The molecule has 16 heavy (non-hydrogen) atoms. The van der Waals surface area contributed by atoms with E-state index in [9.17, 15) is 4.79 Å². The van der Waals surface area contributed by atoms with Gasteiger partial charge in [-0.05, 0) is 12.1 Å². The maximum absolute atomic E-state index is 10.8. The number of aliphatic carboxylic acids is 1. The SMILES string of the molecule is CO[C@H](Cc1nc2ccccc2s1)C(=O)O. The topological polar surface area (TPSA) is 59.4 Å². The summed E-state index contributed by atoms with van der Waals surface area (Å²) in [6.07, 6.45) is -0.508. The van der Waals surface area contributed by atoms with E-state index in [1.54, 1.807) is 0 Å². The van der Waals surface area contributed by atoms with Gasteiger partial charge in [-0.1, -0.05) is 12.1 Å². The summed E-state index contributed by atoms with van der Waals surface area (Å²) in [5.41, 5.74) is 0.905. The van der Waals surface area contributed by atoms with Crippen molar-refractivity contribution in [1.29, 1.82) is 0 Å². The molecule has 1 aromatic carbocycles. The smallest absolute Gasteiger partial charge is 0.333 e. The first-order valence-electron chi connectivity index (χ1n) is 4.80. The zero-order valence-corrected chi connectivity index (χ0v) is 9.53. The predicted octanol–water partition coefficient (Wildman–Crippen LogP) is 1.94. The zero-order chi connectivity index (χ0) is 11.5. The van der Waals surface area contributed by atoms with Crippen molar-refractivity contribution in [2.45, 2.75) is 12.5 Å². The largest absolute Gasteiger partial charge is 0.479 e. The van der Waals surface area contributed by atoms with E-state index < -0.39 is 12.1 Å². The fourth-order valence-corrected chi connectivity index (χ4v) is 2.43. The van der Waals surface area contributed by atoms with E-state index >= 15 is 0 Å². The molecule has 1 atom stereocenters. The number of rotatable bonds is 4. The van der Waals surface area contributed by atoms with Crippen molar-refractivity contribution in [1.82, 2.24) is 4.98 Å². The molecule has 0 fully saturated rings. The number of nitrogens with zero attached hydrogens (tertiary/aromatic N) is 1. The number of carboxylic acids is 1. The Balaban J connectivity index is 2.24. The third-order valence-corrected chi connectivity index (χ3v) is 3.32. The lowest BCUT2D eigenvalue weighted by molar-refractivity contribution is -0.148. The number of carboxylic acid groups (broad SMARTS) is 1. The van der Waals surface area contributed by atoms with Gasteiger partial charge in [0.2, 0.25) is 0 Å². The van der Waals surface area contributed by atoms with Crippen LogP contribution in [0, 0.1) is 0 Å². The van der Waals surface area contributed by atoms with E-state index in [2.05, 4.69) is 4.98 Å². The molecule has 0 unspecified atom stereocenters. The van der Waals surface area contributed by atoms with Crippen molar-refractivity contribution in [3.8, 4) is 0 Å². The highest BCUT2D eigenvalue weighted by Gasteiger charge is 2.18. The molecule has 0 aliphatic heterocycles. The number of hydrogen-bond acceptors (Lipinski definition) is 4. The molecule has 0 radical (unpaired) electrons. The van der Waals surface area contributed by atoms with Gasteiger partial charge in [0.25, 0.3) is 0 Å². The van der Waals surface area contributed by atoms with E-state index in [-0.39, 0.29) is 0 Å². The summed E-state index contributed by atoms with van der Waals surface area (Å²) >= 11 is 1.50. The van der Waals surface area contributed by atoms with Gasteiger partial charge in [0.1, 0.15) is 0 Å². The molecule has 4 nitrogen and oxygen atoms in total. The van der Waals surface area contributed by atoms with Crippen LogP contribution in [-0.2, 0) is 16.0 Å². The lowest BCUT2D eigenvalue weighted by atomic mass is 10.2. The van der Waals surface area contributed by atoms with E-state index in [1.165, 1.54) is 18.4 Å². The Hall–Kier alpha value is -1.46. The van der Waals surface area contributed by atoms with Gasteiger partial charge >= 0.3 is 5.97 Å². The first-order chi connectivity index (χ1) is 7.70. The summed E-state index contributed by atoms with van der Waals surface area (Å²) in [5, 5.41) is 9.65. The van der Waals surface area contributed by atoms with Gasteiger partial charge in [0, 0.05) is 13.5 Å². The van der Waals surface area contributed by atoms with Crippen LogP contribution in [-0.4, -0.2) is 29.3 Å². The van der Waals surface area contributed by atoms with Crippen molar-refractivity contribution >= 4 is 27.5 Å². The summed E-state index contributed by atoms with van der Waals surface area (Å²) in [5.74, 6) is -0.957. The minimum atomic E-state index is -0.957. The second-order valence-electron chi connectivity index (χ2n) is 3.34. The molecular weight excluding hydrogens is 226 g/mol. The second-order valence-corrected chi connectivity index (χ2v) is 4.46. The van der Waals surface area contributed by atoms with Crippen LogP contribution in [0.15, 0.2) is 24.3 Å². The number of thiazole rings is 1. The molecule has 2 aromatic rings. The van der Waals surface area contributed by atoms with Crippen LogP contribution in [0.4, 0.5) is 0 Å². The normalized spacial score (nSPS) is 12.8. The first-order valence-corrected chi connectivity index (χ1v) is 5.62. The van der Waals surface area contributed by atoms with Crippen molar-refractivity contribution < 1.29 is 14.6 Å². The highest BCUT2D eigenvalue weighted by Crippen LogP contribution is 2.22. The number of hydrogen-bond donors (Lipinski definition) is 1. The molecule has 0 bridgehead atoms. The molecule has 2 rings (SSSR count). The monoisotopic (exact) mass is 237 g/mol. The number of para-hydroxylation sites is 1. The summed E-state index contributed by atoms with van der Waals surface area (Å²) in [6, 6.07) is 7.74. The van der Waals surface area contributed by atoms with Crippen molar-refractivity contribution in [2.75, 3.05) is 7.11 Å². The predicted molar refractivity (Wildman–Crippen MR) is 61.8 cm³/mol. The third-order valence-electron chi connectivity index (χ3n) is 2.26. The maximum atomic E-state index is 10.8. The summed E-state index contributed by atoms with van der Waals surface area (Å²) < 4.78 is 5.95. The fourth-order valence-electron chi connectivity index (χ4n) is 1.44. The number of fused-ring (bicyclic) bond motifs is 1. The van der Waals surface area contributed by atoms with Crippen LogP contribution >= 0.6 is 11.3 Å². The molecule has 0 amide bonds. The second kappa shape index (κ2) is 4.59. The van der Waals surface area contributed by atoms with Crippen molar-refractivity contribution in [3.63, 3.8) is 0 Å². The zero-order valence-electron chi connectivity index (χ0n) is 8.71. The Labute approximate surface area is 96.5 Å². The maximum Gasteiger partial charge on any atom is 0.333 e. The van der Waals surface area contributed by atoms with Crippen molar-refractivity contribution in [2.24, 2.45) is 0 Å². The molecule has 1 heterocycles. The molecule has 0 aliphatic rings. The Bertz CT molecular complexity index is 476. The fraction of sp³-hybridized carbons (Fsp3) is 0.273. The lowest BCUT2D eigenvalue weighted by Gasteiger charge is -2.06. The molecular formula is C11H11NO3S. The average Bonchev–Trinajstić information content (AvgIpc) is 2.67. The van der Waals surface area contributed by atoms with Crippen LogP contribution in [0.2, 0.25) is 0 Å². The molecule has 0 saturated carbocycles. The quantitative estimate of drug-likeness (QED) is 0.882. The minimum absolute atomic E-state index is 0.311. The number of carbonyl (C=O) groups is 1. The van der Waals surface area contributed by atoms with Crippen LogP contribution in [0.5, 0.6) is 0 Å². The van der Waals surface area contributed by atoms with Crippen LogP contribution in [0.25, 0.3) is 10.2 Å². The molecule has 1 N–H and O–H groups in total. The number of methoxy groups -OCH3 is 1. The van der Waals surface area contributed by atoms with Gasteiger partial charge in [-0.25, -0.2) is 9.78 Å². The van der Waals surface area contributed by atoms with Crippen LogP contribution in [0.1, 0.15) is 5.01 Å². The number of ether oxygens (including phenoxy) is 1. The highest BCUT2D eigenvalue weighted by atomic mass is 32.1. The molecule has 84 valence electrons. The first kappa shape index (κ1) is 11.0. The summed E-state index contributed by atoms with van der Waals surface area (Å²) in [7, 11) is 1.39. The highest BCUT2D eigenvalue weighted by molar-refractivity contribution is 7.18. The number of aromatic nitrogens is 1. The van der Waals surface area contributed by atoms with Gasteiger partial charge in [0.05, 0.1) is 15.2 Å². The standard InChI is InChI=1S/C11H11NO3S/c1-15-8(11(13)14)6-10-12-7-4-2-3-5-9(7)16-10/h2-5,8H,6H2,1H3,(H,13,14)/t8-/m1/s1. The average molecular weight is 237 g/mol. The van der Waals surface area contributed by atoms with Gasteiger partial charge in [-0.2, -0.15) is 0 Å².